The topological polar surface area (TPSA) is 86.8 Å². The standard InChI is InChI=1S/C30H36ClN3O4S/c1-23(2)32-30(36)28(20-24-12-6-4-7-13-24)33(22-25-14-8-5-9-15-25)29(35)18-11-19-34(39(3,37)38)27-17-10-16-26(31)21-27/h4-10,12-17,21,23,28H,11,18-20,22H2,1-3H3,(H,32,36)/t28-/m0/s1. The highest BCUT2D eigenvalue weighted by molar-refractivity contribution is 7.92. The molecule has 0 radical (unpaired) electrons. The van der Waals surface area contributed by atoms with Gasteiger partial charge in [0.2, 0.25) is 21.8 Å². The Morgan fingerprint density at radius 3 is 2.08 bits per heavy atom. The summed E-state index contributed by atoms with van der Waals surface area (Å²) in [5.41, 5.74) is 2.28. The molecular weight excluding hydrogens is 534 g/mol. The number of halogens is 1. The fraction of sp³-hybridized carbons (Fsp3) is 0.333. The third-order valence-corrected chi connectivity index (χ3v) is 7.58. The molecule has 0 aliphatic carbocycles. The Hall–Kier alpha value is -3.36. The number of anilines is 1. The van der Waals surface area contributed by atoms with Crippen molar-refractivity contribution in [1.82, 2.24) is 10.2 Å². The molecule has 0 fully saturated rings. The van der Waals surface area contributed by atoms with Gasteiger partial charge in [-0.05, 0) is 49.6 Å². The molecule has 0 aliphatic rings. The summed E-state index contributed by atoms with van der Waals surface area (Å²) in [5.74, 6) is -0.451. The van der Waals surface area contributed by atoms with Crippen LogP contribution in [-0.2, 0) is 32.6 Å². The predicted octanol–water partition coefficient (Wildman–Crippen LogP) is 5.05. The maximum Gasteiger partial charge on any atom is 0.243 e. The van der Waals surface area contributed by atoms with Gasteiger partial charge in [0.1, 0.15) is 6.04 Å². The zero-order valence-electron chi connectivity index (χ0n) is 22.6. The average Bonchev–Trinajstić information content (AvgIpc) is 2.88. The van der Waals surface area contributed by atoms with Crippen LogP contribution in [0.25, 0.3) is 0 Å². The van der Waals surface area contributed by atoms with Gasteiger partial charge >= 0.3 is 0 Å². The molecule has 39 heavy (non-hydrogen) atoms. The summed E-state index contributed by atoms with van der Waals surface area (Å²) in [7, 11) is -3.60. The first-order chi connectivity index (χ1) is 18.5. The number of benzene rings is 3. The molecule has 2 amide bonds. The Bertz CT molecular complexity index is 1330. The first-order valence-electron chi connectivity index (χ1n) is 13.0. The lowest BCUT2D eigenvalue weighted by Gasteiger charge is -2.32. The van der Waals surface area contributed by atoms with Crippen LogP contribution >= 0.6 is 11.6 Å². The first-order valence-corrected chi connectivity index (χ1v) is 15.2. The Balaban J connectivity index is 1.86. The van der Waals surface area contributed by atoms with Gasteiger partial charge in [-0.25, -0.2) is 8.42 Å². The molecule has 3 rings (SSSR count). The van der Waals surface area contributed by atoms with E-state index in [-0.39, 0.29) is 43.8 Å². The van der Waals surface area contributed by atoms with E-state index in [0.29, 0.717) is 17.1 Å². The molecule has 9 heteroatoms. The van der Waals surface area contributed by atoms with Gasteiger partial charge in [0, 0.05) is 37.0 Å². The molecule has 1 atom stereocenters. The van der Waals surface area contributed by atoms with E-state index in [4.69, 9.17) is 11.6 Å². The quantitative estimate of drug-likeness (QED) is 0.312. The van der Waals surface area contributed by atoms with Crippen LogP contribution < -0.4 is 9.62 Å². The lowest BCUT2D eigenvalue weighted by atomic mass is 10.0. The lowest BCUT2D eigenvalue weighted by molar-refractivity contribution is -0.141. The number of rotatable bonds is 13. The molecule has 0 saturated heterocycles. The molecule has 3 aromatic carbocycles. The summed E-state index contributed by atoms with van der Waals surface area (Å²) in [4.78, 5) is 28.8. The summed E-state index contributed by atoms with van der Waals surface area (Å²) in [5, 5.41) is 3.39. The Morgan fingerprint density at radius 2 is 1.51 bits per heavy atom. The molecule has 0 unspecified atom stereocenters. The third-order valence-electron chi connectivity index (χ3n) is 6.15. The molecule has 1 N–H and O–H groups in total. The minimum Gasteiger partial charge on any atom is -0.352 e. The Kier molecular flexibility index (Phi) is 10.9. The number of hydrogen-bond acceptors (Lipinski definition) is 4. The predicted molar refractivity (Wildman–Crippen MR) is 157 cm³/mol. The number of carbonyl (C=O) groups is 2. The largest absolute Gasteiger partial charge is 0.352 e. The average molecular weight is 570 g/mol. The molecule has 0 spiro atoms. The van der Waals surface area contributed by atoms with Gasteiger partial charge < -0.3 is 10.2 Å². The number of sulfonamides is 1. The van der Waals surface area contributed by atoms with E-state index < -0.39 is 16.1 Å². The van der Waals surface area contributed by atoms with Crippen molar-refractivity contribution in [2.75, 3.05) is 17.1 Å². The Labute approximate surface area is 236 Å². The van der Waals surface area contributed by atoms with Crippen LogP contribution in [-0.4, -0.2) is 50.0 Å². The maximum atomic E-state index is 13.7. The first kappa shape index (κ1) is 30.2. The molecule has 0 heterocycles. The summed E-state index contributed by atoms with van der Waals surface area (Å²) >= 11 is 6.09. The van der Waals surface area contributed by atoms with E-state index in [1.165, 1.54) is 4.31 Å². The van der Waals surface area contributed by atoms with Gasteiger partial charge in [0.25, 0.3) is 0 Å². The van der Waals surface area contributed by atoms with E-state index in [1.807, 2.05) is 74.5 Å². The van der Waals surface area contributed by atoms with Gasteiger partial charge in [0.05, 0.1) is 11.9 Å². The van der Waals surface area contributed by atoms with E-state index in [1.54, 1.807) is 29.2 Å². The van der Waals surface area contributed by atoms with Crippen molar-refractivity contribution in [3.05, 3.63) is 101 Å². The van der Waals surface area contributed by atoms with Crippen LogP contribution in [0.2, 0.25) is 5.02 Å². The Morgan fingerprint density at radius 1 is 0.897 bits per heavy atom. The van der Waals surface area contributed by atoms with Gasteiger partial charge in [-0.1, -0.05) is 78.3 Å². The highest BCUT2D eigenvalue weighted by Crippen LogP contribution is 2.23. The van der Waals surface area contributed by atoms with Crippen LogP contribution in [0.15, 0.2) is 84.9 Å². The maximum absolute atomic E-state index is 13.7. The van der Waals surface area contributed by atoms with Crippen molar-refractivity contribution in [2.24, 2.45) is 0 Å². The fourth-order valence-corrected chi connectivity index (χ4v) is 5.49. The molecule has 3 aromatic rings. The smallest absolute Gasteiger partial charge is 0.243 e. The van der Waals surface area contributed by atoms with Gasteiger partial charge in [-0.3, -0.25) is 13.9 Å². The molecule has 0 saturated carbocycles. The van der Waals surface area contributed by atoms with Crippen molar-refractivity contribution in [2.45, 2.75) is 51.7 Å². The van der Waals surface area contributed by atoms with E-state index in [2.05, 4.69) is 5.32 Å². The molecule has 208 valence electrons. The number of amides is 2. The number of nitrogens with zero attached hydrogens (tertiary/aromatic N) is 2. The summed E-state index contributed by atoms with van der Waals surface area (Å²) in [6.45, 7) is 4.13. The number of nitrogens with one attached hydrogen (secondary N) is 1. The van der Waals surface area contributed by atoms with Crippen LogP contribution in [0.4, 0.5) is 5.69 Å². The van der Waals surface area contributed by atoms with Crippen molar-refractivity contribution < 1.29 is 18.0 Å². The highest BCUT2D eigenvalue weighted by Gasteiger charge is 2.30. The zero-order chi connectivity index (χ0) is 28.4. The summed E-state index contributed by atoms with van der Waals surface area (Å²) in [6.07, 6.45) is 1.83. The van der Waals surface area contributed by atoms with Crippen LogP contribution in [0, 0.1) is 0 Å². The van der Waals surface area contributed by atoms with Crippen molar-refractivity contribution >= 4 is 39.1 Å². The lowest BCUT2D eigenvalue weighted by Crippen LogP contribution is -2.51. The molecular formula is C30H36ClN3O4S. The van der Waals surface area contributed by atoms with Gasteiger partial charge in [-0.2, -0.15) is 0 Å². The van der Waals surface area contributed by atoms with Crippen molar-refractivity contribution in [1.29, 1.82) is 0 Å². The SMILES string of the molecule is CC(C)NC(=O)[C@H](Cc1ccccc1)N(Cc1ccccc1)C(=O)CCCN(c1cccc(Cl)c1)S(C)(=O)=O. The summed E-state index contributed by atoms with van der Waals surface area (Å²) in [6, 6.07) is 24.9. The third kappa shape index (κ3) is 9.41. The highest BCUT2D eigenvalue weighted by atomic mass is 35.5. The fourth-order valence-electron chi connectivity index (χ4n) is 4.35. The van der Waals surface area contributed by atoms with Crippen molar-refractivity contribution in [3.8, 4) is 0 Å². The second kappa shape index (κ2) is 14.1. The van der Waals surface area contributed by atoms with Crippen LogP contribution in [0.5, 0.6) is 0 Å². The second-order valence-electron chi connectivity index (χ2n) is 9.79. The molecule has 7 nitrogen and oxygen atoms in total. The number of carbonyl (C=O) groups excluding carboxylic acids is 2. The second-order valence-corrected chi connectivity index (χ2v) is 12.1. The van der Waals surface area contributed by atoms with Gasteiger partial charge in [0.15, 0.2) is 0 Å². The normalized spacial score (nSPS) is 12.1. The van der Waals surface area contributed by atoms with E-state index >= 15 is 0 Å². The number of hydrogen-bond donors (Lipinski definition) is 1. The minimum atomic E-state index is -3.60. The molecule has 0 aromatic heterocycles. The van der Waals surface area contributed by atoms with E-state index in [0.717, 1.165) is 17.4 Å². The van der Waals surface area contributed by atoms with Crippen LogP contribution in [0.3, 0.4) is 0 Å². The molecule has 0 aliphatic heterocycles. The van der Waals surface area contributed by atoms with E-state index in [9.17, 15) is 18.0 Å². The molecule has 0 bridgehead atoms. The van der Waals surface area contributed by atoms with Crippen LogP contribution in [0.1, 0.15) is 37.8 Å². The monoisotopic (exact) mass is 569 g/mol. The minimum absolute atomic E-state index is 0.0691. The van der Waals surface area contributed by atoms with Gasteiger partial charge in [-0.15, -0.1) is 0 Å². The zero-order valence-corrected chi connectivity index (χ0v) is 24.2. The summed E-state index contributed by atoms with van der Waals surface area (Å²) < 4.78 is 26.3. The van der Waals surface area contributed by atoms with Crippen molar-refractivity contribution in [3.63, 3.8) is 0 Å².